The maximum absolute atomic E-state index is 12.8. The average Bonchev–Trinajstić information content (AvgIpc) is 3.20. The van der Waals surface area contributed by atoms with E-state index in [1.54, 1.807) is 48.2 Å². The number of ether oxygens (including phenoxy) is 1. The fourth-order valence-corrected chi connectivity index (χ4v) is 3.12. The fourth-order valence-electron chi connectivity index (χ4n) is 3.00. The summed E-state index contributed by atoms with van der Waals surface area (Å²) in [6.07, 6.45) is 0. The van der Waals surface area contributed by atoms with E-state index in [4.69, 9.17) is 16.3 Å². The van der Waals surface area contributed by atoms with Crippen molar-refractivity contribution in [2.75, 3.05) is 12.4 Å². The minimum absolute atomic E-state index is 0.0669. The first kappa shape index (κ1) is 19.7. The van der Waals surface area contributed by atoms with Crippen molar-refractivity contribution in [3.63, 3.8) is 0 Å². The van der Waals surface area contributed by atoms with Gasteiger partial charge in [-0.1, -0.05) is 23.7 Å². The van der Waals surface area contributed by atoms with Crippen LogP contribution < -0.4 is 10.1 Å². The van der Waals surface area contributed by atoms with Gasteiger partial charge in [-0.25, -0.2) is 9.67 Å². The van der Waals surface area contributed by atoms with Crippen LogP contribution in [0.15, 0.2) is 72.8 Å². The Labute approximate surface area is 179 Å². The number of halogens is 1. The predicted molar refractivity (Wildman–Crippen MR) is 117 cm³/mol. The molecule has 0 atom stereocenters. The third-order valence-corrected chi connectivity index (χ3v) is 4.76. The fraction of sp³-hybridized carbons (Fsp3) is 0.0870. The molecule has 6 nitrogen and oxygen atoms in total. The number of carbonyl (C=O) groups excluding carboxylic acids is 1. The predicted octanol–water partition coefficient (Wildman–Crippen LogP) is 5.16. The van der Waals surface area contributed by atoms with Crippen molar-refractivity contribution in [3.05, 3.63) is 89.2 Å². The van der Waals surface area contributed by atoms with E-state index in [9.17, 15) is 4.79 Å². The van der Waals surface area contributed by atoms with Gasteiger partial charge in [-0.2, -0.15) is 0 Å². The Morgan fingerprint density at radius 1 is 1.03 bits per heavy atom. The third-order valence-electron chi connectivity index (χ3n) is 4.51. The van der Waals surface area contributed by atoms with Crippen LogP contribution in [0.5, 0.6) is 5.75 Å². The summed E-state index contributed by atoms with van der Waals surface area (Å²) in [6.45, 7) is 2.00. The molecule has 4 aromatic rings. The Morgan fingerprint density at radius 3 is 2.43 bits per heavy atom. The quantitative estimate of drug-likeness (QED) is 0.486. The van der Waals surface area contributed by atoms with E-state index >= 15 is 0 Å². The summed E-state index contributed by atoms with van der Waals surface area (Å²) in [4.78, 5) is 17.3. The van der Waals surface area contributed by atoms with E-state index in [0.717, 1.165) is 16.8 Å². The van der Waals surface area contributed by atoms with Crippen molar-refractivity contribution in [3.8, 4) is 22.8 Å². The molecule has 0 saturated heterocycles. The molecule has 0 radical (unpaired) electrons. The highest BCUT2D eigenvalue weighted by Gasteiger charge is 2.19. The maximum atomic E-state index is 12.8. The normalized spacial score (nSPS) is 10.6. The molecule has 0 aliphatic rings. The topological polar surface area (TPSA) is 69.0 Å². The molecule has 30 heavy (non-hydrogen) atoms. The SMILES string of the molecule is COc1ccc(NC(=O)c2nc(-c3ccc(Cl)cc3)n(-c3cccc(C)c3)n2)cc1. The number of rotatable bonds is 5. The van der Waals surface area contributed by atoms with E-state index in [-0.39, 0.29) is 5.82 Å². The zero-order valence-electron chi connectivity index (χ0n) is 16.5. The van der Waals surface area contributed by atoms with Crippen LogP contribution in [0.2, 0.25) is 5.02 Å². The number of methoxy groups -OCH3 is 1. The first-order chi connectivity index (χ1) is 14.5. The van der Waals surface area contributed by atoms with Gasteiger partial charge in [-0.3, -0.25) is 4.79 Å². The lowest BCUT2D eigenvalue weighted by Crippen LogP contribution is -2.14. The van der Waals surface area contributed by atoms with Crippen molar-refractivity contribution in [2.24, 2.45) is 0 Å². The number of benzene rings is 3. The molecule has 1 heterocycles. The lowest BCUT2D eigenvalue weighted by molar-refractivity contribution is 0.101. The number of nitrogens with zero attached hydrogens (tertiary/aromatic N) is 3. The molecular weight excluding hydrogens is 400 g/mol. The van der Waals surface area contributed by atoms with Gasteiger partial charge in [0, 0.05) is 16.3 Å². The Morgan fingerprint density at radius 2 is 1.77 bits per heavy atom. The highest BCUT2D eigenvalue weighted by Crippen LogP contribution is 2.24. The number of hydrogen-bond acceptors (Lipinski definition) is 4. The number of nitrogens with one attached hydrogen (secondary N) is 1. The Bertz CT molecular complexity index is 1180. The number of amides is 1. The zero-order chi connectivity index (χ0) is 21.1. The minimum Gasteiger partial charge on any atom is -0.497 e. The number of anilines is 1. The molecule has 0 aliphatic heterocycles. The highest BCUT2D eigenvalue weighted by molar-refractivity contribution is 6.30. The van der Waals surface area contributed by atoms with E-state index < -0.39 is 5.91 Å². The van der Waals surface area contributed by atoms with Crippen molar-refractivity contribution in [1.82, 2.24) is 14.8 Å². The third kappa shape index (κ3) is 4.18. The van der Waals surface area contributed by atoms with Gasteiger partial charge in [0.25, 0.3) is 5.91 Å². The van der Waals surface area contributed by atoms with Crippen molar-refractivity contribution < 1.29 is 9.53 Å². The smallest absolute Gasteiger partial charge is 0.295 e. The largest absolute Gasteiger partial charge is 0.497 e. The minimum atomic E-state index is -0.401. The molecule has 0 unspecified atom stereocenters. The van der Waals surface area contributed by atoms with E-state index in [1.807, 2.05) is 43.3 Å². The van der Waals surface area contributed by atoms with Gasteiger partial charge < -0.3 is 10.1 Å². The summed E-state index contributed by atoms with van der Waals surface area (Å²) in [5, 5.41) is 7.93. The summed E-state index contributed by atoms with van der Waals surface area (Å²) in [5.74, 6) is 0.927. The van der Waals surface area contributed by atoms with Gasteiger partial charge in [0.05, 0.1) is 12.8 Å². The van der Waals surface area contributed by atoms with Crippen LogP contribution in [0, 0.1) is 6.92 Å². The standard InChI is InChI=1S/C23H19ClN4O2/c1-15-4-3-5-19(14-15)28-22(16-6-8-17(24)9-7-16)26-21(27-28)23(29)25-18-10-12-20(30-2)13-11-18/h3-14H,1-2H3,(H,25,29). The number of aromatic nitrogens is 3. The molecule has 3 aromatic carbocycles. The molecule has 0 spiro atoms. The van der Waals surface area contributed by atoms with Crippen LogP contribution in [-0.2, 0) is 0 Å². The molecule has 0 saturated carbocycles. The molecule has 1 amide bonds. The van der Waals surface area contributed by atoms with Gasteiger partial charge in [0.1, 0.15) is 5.75 Å². The molecular formula is C23H19ClN4O2. The molecule has 150 valence electrons. The first-order valence-corrected chi connectivity index (χ1v) is 9.67. The summed E-state index contributed by atoms with van der Waals surface area (Å²) < 4.78 is 6.81. The summed E-state index contributed by atoms with van der Waals surface area (Å²) in [7, 11) is 1.59. The number of aryl methyl sites for hydroxylation is 1. The average molecular weight is 419 g/mol. The molecule has 1 aromatic heterocycles. The first-order valence-electron chi connectivity index (χ1n) is 9.29. The molecule has 0 bridgehead atoms. The van der Waals surface area contributed by atoms with E-state index in [2.05, 4.69) is 15.4 Å². The molecule has 0 fully saturated rings. The van der Waals surface area contributed by atoms with E-state index in [0.29, 0.717) is 22.3 Å². The van der Waals surface area contributed by atoms with Crippen LogP contribution in [-0.4, -0.2) is 27.8 Å². The van der Waals surface area contributed by atoms with Crippen LogP contribution >= 0.6 is 11.6 Å². The molecule has 1 N–H and O–H groups in total. The van der Waals surface area contributed by atoms with Crippen LogP contribution in [0.4, 0.5) is 5.69 Å². The summed E-state index contributed by atoms with van der Waals surface area (Å²) >= 11 is 6.03. The monoisotopic (exact) mass is 418 g/mol. The second-order valence-electron chi connectivity index (χ2n) is 6.70. The zero-order valence-corrected chi connectivity index (χ0v) is 17.2. The van der Waals surface area contributed by atoms with Crippen molar-refractivity contribution in [2.45, 2.75) is 6.92 Å². The number of carbonyl (C=O) groups is 1. The second kappa shape index (κ2) is 8.39. The molecule has 0 aliphatic carbocycles. The van der Waals surface area contributed by atoms with Gasteiger partial charge >= 0.3 is 0 Å². The summed E-state index contributed by atoms with van der Waals surface area (Å²) in [6, 6.07) is 22.2. The Balaban J connectivity index is 1.72. The van der Waals surface area contributed by atoms with E-state index in [1.165, 1.54) is 0 Å². The van der Waals surface area contributed by atoms with Crippen LogP contribution in [0.1, 0.15) is 16.2 Å². The van der Waals surface area contributed by atoms with Gasteiger partial charge in [-0.05, 0) is 73.2 Å². The maximum Gasteiger partial charge on any atom is 0.295 e. The summed E-state index contributed by atoms with van der Waals surface area (Å²) in [5.41, 5.74) is 3.32. The van der Waals surface area contributed by atoms with Crippen molar-refractivity contribution in [1.29, 1.82) is 0 Å². The van der Waals surface area contributed by atoms with Crippen molar-refractivity contribution >= 4 is 23.2 Å². The van der Waals surface area contributed by atoms with Gasteiger partial charge in [0.15, 0.2) is 5.82 Å². The molecule has 7 heteroatoms. The Kier molecular flexibility index (Phi) is 5.50. The van der Waals surface area contributed by atoms with Gasteiger partial charge in [0.2, 0.25) is 5.82 Å². The second-order valence-corrected chi connectivity index (χ2v) is 7.14. The van der Waals surface area contributed by atoms with Crippen LogP contribution in [0.3, 0.4) is 0 Å². The Hall–Kier alpha value is -3.64. The highest BCUT2D eigenvalue weighted by atomic mass is 35.5. The lowest BCUT2D eigenvalue weighted by Gasteiger charge is -2.07. The van der Waals surface area contributed by atoms with Gasteiger partial charge in [-0.15, -0.1) is 5.10 Å². The lowest BCUT2D eigenvalue weighted by atomic mass is 10.2. The number of hydrogen-bond donors (Lipinski definition) is 1. The molecule has 4 rings (SSSR count). The van der Waals surface area contributed by atoms with Crippen LogP contribution in [0.25, 0.3) is 17.1 Å².